The van der Waals surface area contributed by atoms with E-state index in [0.29, 0.717) is 0 Å². The number of thiol groups is 3. The van der Waals surface area contributed by atoms with Crippen LogP contribution in [-0.4, -0.2) is 4.27 Å². The Balaban J connectivity index is 3.17. The van der Waals surface area contributed by atoms with E-state index in [1.165, 1.54) is 0 Å². The molecular formula is C2H6OS3. The van der Waals surface area contributed by atoms with Crippen molar-refractivity contribution in [3.8, 4) is 0 Å². The van der Waals surface area contributed by atoms with Gasteiger partial charge in [0.05, 0.1) is 0 Å². The van der Waals surface area contributed by atoms with Crippen molar-refractivity contribution in [2.45, 2.75) is 11.2 Å². The van der Waals surface area contributed by atoms with Crippen molar-refractivity contribution in [1.82, 2.24) is 0 Å². The van der Waals surface area contributed by atoms with Gasteiger partial charge in [-0.05, 0) is 19.8 Å². The molecule has 38 valence electrons. The van der Waals surface area contributed by atoms with Gasteiger partial charge in [-0.3, -0.25) is 4.18 Å². The maximum atomic E-state index is 4.36. The second-order valence-corrected chi connectivity index (χ2v) is 3.27. The van der Waals surface area contributed by atoms with Crippen molar-refractivity contribution in [3.63, 3.8) is 0 Å². The Labute approximate surface area is 53.9 Å². The van der Waals surface area contributed by atoms with E-state index in [-0.39, 0.29) is 0 Å². The van der Waals surface area contributed by atoms with Crippen LogP contribution < -0.4 is 0 Å². The van der Waals surface area contributed by atoms with Crippen LogP contribution in [0.2, 0.25) is 0 Å². The van der Waals surface area contributed by atoms with Gasteiger partial charge in [0.1, 0.15) is 0 Å². The van der Waals surface area contributed by atoms with E-state index >= 15 is 0 Å². The van der Waals surface area contributed by atoms with Crippen LogP contribution in [0, 0.1) is 0 Å². The minimum atomic E-state index is -0.705. The molecule has 6 heavy (non-hydrogen) atoms. The molecule has 0 fully saturated rings. The topological polar surface area (TPSA) is 9.23 Å². The first kappa shape index (κ1) is 7.01. The largest absolute Gasteiger partial charge is 0.291 e. The Morgan fingerprint density at radius 1 is 1.50 bits per heavy atom. The third-order valence-corrected chi connectivity index (χ3v) is 1.01. The van der Waals surface area contributed by atoms with Gasteiger partial charge in [0.25, 0.3) is 0 Å². The van der Waals surface area contributed by atoms with Gasteiger partial charge in [0.2, 0.25) is 0 Å². The standard InChI is InChI=1S/C2H6OS3/c1-2(4,5)3-6/h4-6H,1H3. The molecule has 0 saturated carbocycles. The fourth-order valence-electron chi connectivity index (χ4n) is 0. The van der Waals surface area contributed by atoms with Crippen LogP contribution in [0.4, 0.5) is 0 Å². The normalized spacial score (nSPS) is 12.0. The molecule has 0 N–H and O–H groups in total. The van der Waals surface area contributed by atoms with Gasteiger partial charge in [-0.25, -0.2) is 0 Å². The average molecular weight is 142 g/mol. The summed E-state index contributed by atoms with van der Waals surface area (Å²) in [7, 11) is 0. The molecule has 0 aromatic rings. The third kappa shape index (κ3) is 5.01. The summed E-state index contributed by atoms with van der Waals surface area (Å²) in [4.78, 5) is 0. The average Bonchev–Trinajstić information content (AvgIpc) is 1.35. The summed E-state index contributed by atoms with van der Waals surface area (Å²) in [6.45, 7) is 1.67. The van der Waals surface area contributed by atoms with E-state index in [2.05, 4.69) is 42.4 Å². The van der Waals surface area contributed by atoms with Crippen molar-refractivity contribution in [1.29, 1.82) is 0 Å². The second kappa shape index (κ2) is 2.35. The van der Waals surface area contributed by atoms with Crippen molar-refractivity contribution < 1.29 is 4.18 Å². The van der Waals surface area contributed by atoms with Gasteiger partial charge >= 0.3 is 0 Å². The predicted molar refractivity (Wildman–Crippen MR) is 36.4 cm³/mol. The van der Waals surface area contributed by atoms with E-state index in [0.717, 1.165) is 0 Å². The molecule has 0 atom stereocenters. The minimum absolute atomic E-state index is 0.705. The van der Waals surface area contributed by atoms with Gasteiger partial charge in [-0.15, -0.1) is 25.3 Å². The number of hydrogen-bond donors (Lipinski definition) is 3. The summed E-state index contributed by atoms with van der Waals surface area (Å²) < 4.78 is 3.66. The van der Waals surface area contributed by atoms with E-state index in [1.54, 1.807) is 6.92 Å². The quantitative estimate of drug-likeness (QED) is 0.285. The molecule has 0 unspecified atom stereocenters. The predicted octanol–water partition coefficient (Wildman–Crippen LogP) is 1.38. The zero-order valence-corrected chi connectivity index (χ0v) is 5.93. The third-order valence-electron chi connectivity index (χ3n) is 0.173. The van der Waals surface area contributed by atoms with Gasteiger partial charge in [0.15, 0.2) is 4.27 Å². The maximum Gasteiger partial charge on any atom is 0.165 e. The Morgan fingerprint density at radius 2 is 1.67 bits per heavy atom. The summed E-state index contributed by atoms with van der Waals surface area (Å²) in [5, 5.41) is 0. The summed E-state index contributed by atoms with van der Waals surface area (Å²) in [5.74, 6) is 0. The fourth-order valence-corrected chi connectivity index (χ4v) is 0. The monoisotopic (exact) mass is 142 g/mol. The molecule has 4 heteroatoms. The van der Waals surface area contributed by atoms with Crippen molar-refractivity contribution in [3.05, 3.63) is 0 Å². The summed E-state index contributed by atoms with van der Waals surface area (Å²) in [6, 6.07) is 0. The van der Waals surface area contributed by atoms with Crippen molar-refractivity contribution >= 4 is 38.2 Å². The van der Waals surface area contributed by atoms with E-state index in [1.807, 2.05) is 0 Å². The minimum Gasteiger partial charge on any atom is -0.291 e. The van der Waals surface area contributed by atoms with Crippen LogP contribution >= 0.6 is 38.2 Å². The lowest BCUT2D eigenvalue weighted by Crippen LogP contribution is -2.03. The van der Waals surface area contributed by atoms with Gasteiger partial charge < -0.3 is 0 Å². The molecule has 0 heterocycles. The van der Waals surface area contributed by atoms with Crippen LogP contribution in [0.15, 0.2) is 0 Å². The molecule has 0 bridgehead atoms. The SMILES string of the molecule is CC(S)(S)OS. The Morgan fingerprint density at radius 3 is 1.67 bits per heavy atom. The highest BCUT2D eigenvalue weighted by Gasteiger charge is 2.08. The molecule has 0 amide bonds. The molecule has 0 radical (unpaired) electrons. The lowest BCUT2D eigenvalue weighted by Gasteiger charge is -2.09. The molecule has 0 saturated heterocycles. The van der Waals surface area contributed by atoms with Crippen LogP contribution in [0.5, 0.6) is 0 Å². The van der Waals surface area contributed by atoms with E-state index in [9.17, 15) is 0 Å². The van der Waals surface area contributed by atoms with Crippen LogP contribution in [0.25, 0.3) is 0 Å². The van der Waals surface area contributed by atoms with Crippen LogP contribution in [-0.2, 0) is 4.18 Å². The summed E-state index contributed by atoms with van der Waals surface area (Å²) in [6.07, 6.45) is 0. The fraction of sp³-hybridized carbons (Fsp3) is 1.00. The van der Waals surface area contributed by atoms with Gasteiger partial charge in [-0.1, -0.05) is 0 Å². The summed E-state index contributed by atoms with van der Waals surface area (Å²) in [5.41, 5.74) is 0. The van der Waals surface area contributed by atoms with Gasteiger partial charge in [-0.2, -0.15) is 0 Å². The van der Waals surface area contributed by atoms with Crippen molar-refractivity contribution in [2.24, 2.45) is 0 Å². The van der Waals surface area contributed by atoms with Crippen LogP contribution in [0.3, 0.4) is 0 Å². The highest BCUT2D eigenvalue weighted by atomic mass is 32.2. The zero-order chi connectivity index (χ0) is 5.21. The molecule has 0 rings (SSSR count). The number of rotatable bonds is 1. The zero-order valence-electron chi connectivity index (χ0n) is 3.25. The Kier molecular flexibility index (Phi) is 2.75. The first-order valence-corrected chi connectivity index (χ1v) is 2.59. The lowest BCUT2D eigenvalue weighted by molar-refractivity contribution is 0.342. The molecule has 0 aliphatic heterocycles. The smallest absolute Gasteiger partial charge is 0.165 e. The maximum absolute atomic E-state index is 4.36. The highest BCUT2D eigenvalue weighted by Crippen LogP contribution is 2.20. The lowest BCUT2D eigenvalue weighted by atomic mass is 10.9. The molecule has 0 spiro atoms. The molecule has 1 nitrogen and oxygen atoms in total. The summed E-state index contributed by atoms with van der Waals surface area (Å²) >= 11 is 11.1. The Bertz CT molecular complexity index is 38.5. The number of hydrogen-bond acceptors (Lipinski definition) is 4. The first-order valence-electron chi connectivity index (χ1n) is 1.33. The molecular weight excluding hydrogens is 136 g/mol. The van der Waals surface area contributed by atoms with E-state index < -0.39 is 4.27 Å². The Hall–Kier alpha value is 1.01. The molecule has 0 aromatic heterocycles. The van der Waals surface area contributed by atoms with Gasteiger partial charge in [0, 0.05) is 0 Å². The first-order chi connectivity index (χ1) is 2.56. The molecule has 0 aromatic carbocycles. The highest BCUT2D eigenvalue weighted by molar-refractivity contribution is 8.00. The van der Waals surface area contributed by atoms with Crippen LogP contribution in [0.1, 0.15) is 6.92 Å². The van der Waals surface area contributed by atoms with E-state index in [4.69, 9.17) is 0 Å². The molecule has 0 aliphatic rings. The molecule has 0 aliphatic carbocycles. The second-order valence-electron chi connectivity index (χ2n) is 1.03. The van der Waals surface area contributed by atoms with Crippen molar-refractivity contribution in [2.75, 3.05) is 0 Å².